The zero-order chi connectivity index (χ0) is 30.3. The Hall–Kier alpha value is -3.81. The van der Waals surface area contributed by atoms with Gasteiger partial charge in [0, 0.05) is 4.90 Å². The van der Waals surface area contributed by atoms with Gasteiger partial charge >= 0.3 is 12.1 Å². The molecule has 2 N–H and O–H groups in total. The fourth-order valence-corrected chi connectivity index (χ4v) is 5.48. The summed E-state index contributed by atoms with van der Waals surface area (Å²) < 4.78 is 55.9. The lowest BCUT2D eigenvalue weighted by molar-refractivity contribution is -0.139. The molecule has 3 aromatic carbocycles. The number of ether oxygens (including phenoxy) is 3. The van der Waals surface area contributed by atoms with E-state index in [9.17, 15) is 23.1 Å². The summed E-state index contributed by atoms with van der Waals surface area (Å²) in [5, 5.41) is 18.9. The van der Waals surface area contributed by atoms with E-state index >= 15 is 0 Å². The Kier molecular flexibility index (Phi) is 9.97. The molecular formula is C32H31F3O6S. The van der Waals surface area contributed by atoms with Gasteiger partial charge in [0.1, 0.15) is 36.1 Å². The number of hydrogen-bond donors (Lipinski definition) is 2. The van der Waals surface area contributed by atoms with E-state index in [0.717, 1.165) is 64.3 Å². The third kappa shape index (κ3) is 8.84. The lowest BCUT2D eigenvalue weighted by atomic mass is 9.91. The minimum absolute atomic E-state index is 0.0286. The minimum atomic E-state index is -4.42. The Morgan fingerprint density at radius 2 is 1.60 bits per heavy atom. The van der Waals surface area contributed by atoms with Crippen molar-refractivity contribution in [1.82, 2.24) is 0 Å². The van der Waals surface area contributed by atoms with E-state index in [-0.39, 0.29) is 13.2 Å². The highest BCUT2D eigenvalue weighted by molar-refractivity contribution is 7.99. The van der Waals surface area contributed by atoms with Crippen LogP contribution in [0.5, 0.6) is 17.2 Å². The summed E-state index contributed by atoms with van der Waals surface area (Å²) in [4.78, 5) is 12.9. The minimum Gasteiger partial charge on any atom is -0.489 e. The maximum atomic E-state index is 12.9. The van der Waals surface area contributed by atoms with Gasteiger partial charge in [-0.05, 0) is 105 Å². The van der Waals surface area contributed by atoms with Crippen LogP contribution in [0.2, 0.25) is 0 Å². The smallest absolute Gasteiger partial charge is 0.416 e. The number of rotatable bonds is 10. The third-order valence-electron chi connectivity index (χ3n) is 6.31. The molecule has 4 rings (SSSR count). The molecule has 222 valence electrons. The van der Waals surface area contributed by atoms with Crippen molar-refractivity contribution in [2.75, 3.05) is 13.2 Å². The highest BCUT2D eigenvalue weighted by Crippen LogP contribution is 2.42. The molecule has 0 spiro atoms. The molecule has 0 atom stereocenters. The fraction of sp³-hybridized carbons (Fsp3) is 0.344. The summed E-state index contributed by atoms with van der Waals surface area (Å²) in [5.41, 5.74) is 0.970. The number of aliphatic carboxylic acids is 1. The molecule has 42 heavy (non-hydrogen) atoms. The molecule has 0 amide bonds. The molecule has 0 fully saturated rings. The molecule has 1 aliphatic rings. The van der Waals surface area contributed by atoms with Crippen LogP contribution in [0.25, 0.3) is 0 Å². The van der Waals surface area contributed by atoms with Crippen molar-refractivity contribution in [3.63, 3.8) is 0 Å². The number of benzene rings is 3. The van der Waals surface area contributed by atoms with Gasteiger partial charge in [0.25, 0.3) is 0 Å². The first kappa shape index (κ1) is 31.1. The highest BCUT2D eigenvalue weighted by Gasteiger charge is 2.30. The predicted octanol–water partition coefficient (Wildman–Crippen LogP) is 6.93. The summed E-state index contributed by atoms with van der Waals surface area (Å²) in [6.45, 7) is 2.88. The molecule has 0 saturated heterocycles. The van der Waals surface area contributed by atoms with Crippen LogP contribution in [0.3, 0.4) is 0 Å². The van der Waals surface area contributed by atoms with E-state index in [1.54, 1.807) is 26.0 Å². The average Bonchev–Trinajstić information content (AvgIpc) is 2.94. The Morgan fingerprint density at radius 1 is 0.905 bits per heavy atom. The average molecular weight is 601 g/mol. The standard InChI is InChI=1S/C32H31F3O6S/c1-31(2,38)16-5-17-39-27-18-21(19-40-23-11-9-22(10-12-23)32(33,34)35)8-14-29(27)42-28-15-13-26(41-20-30(36)37)24-6-3-4-7-25(24)28/h8-15,18,38H,3-4,6-7,17,19-20H2,1-2H3,(H,36,37). The molecule has 0 bridgehead atoms. The number of carboxylic acid groups (broad SMARTS) is 1. The summed E-state index contributed by atoms with van der Waals surface area (Å²) in [6, 6.07) is 13.8. The molecule has 0 radical (unpaired) electrons. The van der Waals surface area contributed by atoms with Gasteiger partial charge in [-0.15, -0.1) is 0 Å². The van der Waals surface area contributed by atoms with Gasteiger partial charge in [0.05, 0.1) is 10.5 Å². The maximum Gasteiger partial charge on any atom is 0.416 e. The van der Waals surface area contributed by atoms with E-state index in [0.29, 0.717) is 17.2 Å². The normalized spacial score (nSPS) is 13.0. The number of fused-ring (bicyclic) bond motifs is 1. The fourth-order valence-electron chi connectivity index (χ4n) is 4.40. The predicted molar refractivity (Wildman–Crippen MR) is 152 cm³/mol. The number of halogens is 3. The van der Waals surface area contributed by atoms with Crippen molar-refractivity contribution in [2.45, 2.75) is 67.7 Å². The monoisotopic (exact) mass is 600 g/mol. The molecule has 0 unspecified atom stereocenters. The summed E-state index contributed by atoms with van der Waals surface area (Å²) in [7, 11) is 0. The van der Waals surface area contributed by atoms with Gasteiger partial charge in [-0.1, -0.05) is 29.7 Å². The zero-order valence-electron chi connectivity index (χ0n) is 23.2. The van der Waals surface area contributed by atoms with Crippen LogP contribution in [-0.4, -0.2) is 35.0 Å². The van der Waals surface area contributed by atoms with E-state index in [1.807, 2.05) is 18.2 Å². The van der Waals surface area contributed by atoms with Crippen molar-refractivity contribution >= 4 is 17.7 Å². The zero-order valence-corrected chi connectivity index (χ0v) is 24.0. The first-order valence-corrected chi connectivity index (χ1v) is 14.2. The molecule has 0 heterocycles. The van der Waals surface area contributed by atoms with Crippen LogP contribution in [0.4, 0.5) is 13.2 Å². The van der Waals surface area contributed by atoms with E-state index in [2.05, 4.69) is 11.8 Å². The van der Waals surface area contributed by atoms with Gasteiger partial charge in [-0.25, -0.2) is 4.79 Å². The number of alkyl halides is 3. The van der Waals surface area contributed by atoms with Crippen molar-refractivity contribution in [3.05, 3.63) is 76.9 Å². The molecule has 0 aromatic heterocycles. The second-order valence-corrected chi connectivity index (χ2v) is 11.3. The van der Waals surface area contributed by atoms with Crippen molar-refractivity contribution < 1.29 is 42.4 Å². The van der Waals surface area contributed by atoms with E-state index in [4.69, 9.17) is 19.3 Å². The molecule has 0 saturated carbocycles. The van der Waals surface area contributed by atoms with Crippen LogP contribution in [-0.2, 0) is 30.4 Å². The summed E-state index contributed by atoms with van der Waals surface area (Å²) in [6.07, 6.45) is -0.772. The molecule has 6 nitrogen and oxygen atoms in total. The van der Waals surface area contributed by atoms with Crippen LogP contribution in [0.15, 0.2) is 64.4 Å². The summed E-state index contributed by atoms with van der Waals surface area (Å²) >= 11 is 1.51. The second-order valence-electron chi connectivity index (χ2n) is 10.3. The van der Waals surface area contributed by atoms with Gasteiger partial charge in [-0.2, -0.15) is 13.2 Å². The number of carbonyl (C=O) groups is 1. The van der Waals surface area contributed by atoms with Gasteiger partial charge in [-0.3, -0.25) is 0 Å². The van der Waals surface area contributed by atoms with Crippen molar-refractivity contribution in [1.29, 1.82) is 0 Å². The van der Waals surface area contributed by atoms with Gasteiger partial charge in [0.2, 0.25) is 0 Å². The SMILES string of the molecule is CC(C)(O)C#CCOc1cc(COc2ccc(C(F)(F)F)cc2)ccc1Sc1ccc(OCC(=O)O)c2c1CCCC2. The quantitative estimate of drug-likeness (QED) is 0.244. The van der Waals surface area contributed by atoms with Crippen LogP contribution in [0, 0.1) is 11.8 Å². The molecule has 0 aliphatic heterocycles. The Morgan fingerprint density at radius 3 is 2.26 bits per heavy atom. The van der Waals surface area contributed by atoms with E-state index < -0.39 is 29.9 Å². The van der Waals surface area contributed by atoms with Crippen LogP contribution < -0.4 is 14.2 Å². The highest BCUT2D eigenvalue weighted by atomic mass is 32.2. The molecule has 3 aromatic rings. The van der Waals surface area contributed by atoms with Crippen molar-refractivity contribution in [2.24, 2.45) is 0 Å². The molecule has 1 aliphatic carbocycles. The van der Waals surface area contributed by atoms with Gasteiger partial charge < -0.3 is 24.4 Å². The Labute approximate surface area is 246 Å². The third-order valence-corrected chi connectivity index (χ3v) is 7.47. The number of hydrogen-bond acceptors (Lipinski definition) is 6. The number of aliphatic hydroxyl groups is 1. The lowest BCUT2D eigenvalue weighted by Crippen LogP contribution is -2.15. The van der Waals surface area contributed by atoms with Gasteiger partial charge in [0.15, 0.2) is 6.61 Å². The first-order valence-electron chi connectivity index (χ1n) is 13.3. The van der Waals surface area contributed by atoms with E-state index in [1.165, 1.54) is 23.9 Å². The number of carboxylic acids is 1. The lowest BCUT2D eigenvalue weighted by Gasteiger charge is -2.22. The largest absolute Gasteiger partial charge is 0.489 e. The van der Waals surface area contributed by atoms with Crippen LogP contribution in [0.1, 0.15) is 48.9 Å². The first-order chi connectivity index (χ1) is 19.9. The topological polar surface area (TPSA) is 85.2 Å². The second kappa shape index (κ2) is 13.4. The Balaban J connectivity index is 1.57. The maximum absolute atomic E-state index is 12.9. The van der Waals surface area contributed by atoms with Crippen LogP contribution >= 0.6 is 11.8 Å². The van der Waals surface area contributed by atoms with Crippen molar-refractivity contribution in [3.8, 4) is 29.1 Å². The molecular weight excluding hydrogens is 569 g/mol. The Bertz CT molecular complexity index is 1470. The summed E-state index contributed by atoms with van der Waals surface area (Å²) in [5.74, 6) is 5.93. The molecule has 10 heteroatoms.